The Morgan fingerprint density at radius 2 is 1.95 bits per heavy atom. The molecule has 22 heavy (non-hydrogen) atoms. The smallest absolute Gasteiger partial charge is 0.872 e. The number of halogens is 3. The number of esters is 1. The zero-order valence-corrected chi connectivity index (χ0v) is 12.2. The van der Waals surface area contributed by atoms with Crippen molar-refractivity contribution < 1.29 is 51.5 Å². The van der Waals surface area contributed by atoms with E-state index in [9.17, 15) is 27.9 Å². The zero-order valence-electron chi connectivity index (χ0n) is 12.2. The molecule has 0 fully saturated rings. The normalized spacial score (nSPS) is 11.6. The molecule has 0 amide bonds. The minimum absolute atomic E-state index is 0. The molecule has 0 saturated heterocycles. The second kappa shape index (κ2) is 8.01. The van der Waals surface area contributed by atoms with Crippen molar-refractivity contribution in [3.05, 3.63) is 35.2 Å². The third-order valence-corrected chi connectivity index (χ3v) is 2.38. The molecule has 0 spiro atoms. The molecule has 0 atom stereocenters. The van der Waals surface area contributed by atoms with Crippen molar-refractivity contribution in [2.24, 2.45) is 0 Å². The Hall–Kier alpha value is -1.78. The number of ketones is 1. The van der Waals surface area contributed by atoms with Crippen molar-refractivity contribution in [2.75, 3.05) is 6.61 Å². The summed E-state index contributed by atoms with van der Waals surface area (Å²) >= 11 is 0. The van der Waals surface area contributed by atoms with Crippen LogP contribution in [-0.4, -0.2) is 23.3 Å². The SMILES string of the molecule is CCOC(=O)C(=O)C=C([O-])c1ccc(C(F)(F)F)nc1C.[Li+]. The number of carbonyl (C=O) groups excluding carboxylic acids is 2. The van der Waals surface area contributed by atoms with Crippen LogP contribution in [0.2, 0.25) is 0 Å². The second-order valence-electron chi connectivity index (χ2n) is 3.92. The first-order valence-electron chi connectivity index (χ1n) is 5.81. The van der Waals surface area contributed by atoms with E-state index in [1.807, 2.05) is 0 Å². The topological polar surface area (TPSA) is 79.3 Å². The molecule has 0 radical (unpaired) electrons. The minimum atomic E-state index is -4.63. The Kier molecular flexibility index (Phi) is 7.36. The van der Waals surface area contributed by atoms with E-state index >= 15 is 0 Å². The molecule has 0 aliphatic heterocycles. The molecule has 0 aliphatic carbocycles. The van der Waals surface area contributed by atoms with Crippen molar-refractivity contribution in [1.82, 2.24) is 4.98 Å². The van der Waals surface area contributed by atoms with E-state index in [2.05, 4.69) is 9.72 Å². The van der Waals surface area contributed by atoms with E-state index in [0.717, 1.165) is 6.07 Å². The fourth-order valence-electron chi connectivity index (χ4n) is 1.44. The van der Waals surface area contributed by atoms with Crippen LogP contribution < -0.4 is 24.0 Å². The third-order valence-electron chi connectivity index (χ3n) is 2.38. The van der Waals surface area contributed by atoms with Gasteiger partial charge in [-0.3, -0.25) is 4.79 Å². The van der Waals surface area contributed by atoms with Gasteiger partial charge in [-0.05, 0) is 31.6 Å². The molecule has 9 heteroatoms. The Balaban J connectivity index is 0.00000441. The van der Waals surface area contributed by atoms with Gasteiger partial charge in [0.1, 0.15) is 5.69 Å². The van der Waals surface area contributed by atoms with Gasteiger partial charge in [0.05, 0.1) is 6.61 Å². The minimum Gasteiger partial charge on any atom is -0.872 e. The summed E-state index contributed by atoms with van der Waals surface area (Å²) < 4.78 is 41.7. The van der Waals surface area contributed by atoms with Gasteiger partial charge in [-0.15, -0.1) is 0 Å². The van der Waals surface area contributed by atoms with Crippen LogP contribution in [0.3, 0.4) is 0 Å². The standard InChI is InChI=1S/C13H12F3NO4.Li/c1-3-21-12(20)10(19)6-9(18)8-4-5-11(13(14,15)16)17-7(8)2;/h4-6,18H,3H2,1-2H3;/q;+1/p-1. The number of hydrogen-bond donors (Lipinski definition) is 0. The number of alkyl halides is 3. The van der Waals surface area contributed by atoms with Crippen LogP contribution in [0, 0.1) is 6.92 Å². The van der Waals surface area contributed by atoms with E-state index in [-0.39, 0.29) is 36.7 Å². The first-order chi connectivity index (χ1) is 9.66. The molecule has 0 saturated carbocycles. The first-order valence-corrected chi connectivity index (χ1v) is 5.81. The number of carbonyl (C=O) groups is 2. The molecule has 1 heterocycles. The molecule has 0 bridgehead atoms. The molecule has 0 aliphatic rings. The van der Waals surface area contributed by atoms with Crippen LogP contribution >= 0.6 is 0 Å². The molecule has 5 nitrogen and oxygen atoms in total. The van der Waals surface area contributed by atoms with Crippen molar-refractivity contribution in [3.8, 4) is 0 Å². The van der Waals surface area contributed by atoms with Crippen LogP contribution in [0.5, 0.6) is 0 Å². The summed E-state index contributed by atoms with van der Waals surface area (Å²) in [5.41, 5.74) is -1.53. The average molecular weight is 309 g/mol. The average Bonchev–Trinajstić information content (AvgIpc) is 2.37. The predicted molar refractivity (Wildman–Crippen MR) is 63.6 cm³/mol. The Morgan fingerprint density at radius 1 is 1.36 bits per heavy atom. The number of aryl methyl sites for hydroxylation is 1. The Bertz CT molecular complexity index is 599. The molecule has 1 aromatic heterocycles. The quantitative estimate of drug-likeness (QED) is 0.217. The van der Waals surface area contributed by atoms with Crippen LogP contribution in [0.25, 0.3) is 5.76 Å². The largest absolute Gasteiger partial charge is 1.00 e. The molecule has 0 N–H and O–H groups in total. The van der Waals surface area contributed by atoms with Crippen molar-refractivity contribution in [1.29, 1.82) is 0 Å². The van der Waals surface area contributed by atoms with Gasteiger partial charge in [0, 0.05) is 5.69 Å². The van der Waals surface area contributed by atoms with Crippen molar-refractivity contribution in [2.45, 2.75) is 20.0 Å². The number of hydrogen-bond acceptors (Lipinski definition) is 5. The van der Waals surface area contributed by atoms with E-state index in [4.69, 9.17) is 0 Å². The van der Waals surface area contributed by atoms with Gasteiger partial charge in [-0.25, -0.2) is 9.78 Å². The summed E-state index contributed by atoms with van der Waals surface area (Å²) in [4.78, 5) is 25.6. The van der Waals surface area contributed by atoms with Gasteiger partial charge in [-0.1, -0.05) is 11.8 Å². The summed E-state index contributed by atoms with van der Waals surface area (Å²) in [5.74, 6) is -3.30. The van der Waals surface area contributed by atoms with Gasteiger partial charge < -0.3 is 9.84 Å². The molecular formula is C13H11F3LiNO4. The maximum atomic E-state index is 12.4. The van der Waals surface area contributed by atoms with E-state index in [1.54, 1.807) is 0 Å². The summed E-state index contributed by atoms with van der Waals surface area (Å²) in [7, 11) is 0. The van der Waals surface area contributed by atoms with E-state index < -0.39 is 29.4 Å². The third kappa shape index (κ3) is 5.20. The maximum Gasteiger partial charge on any atom is 1.00 e. The van der Waals surface area contributed by atoms with Crippen molar-refractivity contribution in [3.63, 3.8) is 0 Å². The van der Waals surface area contributed by atoms with Gasteiger partial charge >= 0.3 is 31.0 Å². The first kappa shape index (κ1) is 20.2. The number of rotatable bonds is 4. The van der Waals surface area contributed by atoms with Crippen LogP contribution in [0.4, 0.5) is 13.2 Å². The fourth-order valence-corrected chi connectivity index (χ4v) is 1.44. The molecule has 1 aromatic rings. The maximum absolute atomic E-state index is 12.4. The summed E-state index contributed by atoms with van der Waals surface area (Å²) in [6.07, 6.45) is -4.16. The van der Waals surface area contributed by atoms with Crippen molar-refractivity contribution >= 4 is 17.5 Å². The van der Waals surface area contributed by atoms with Crippen LogP contribution in [0.1, 0.15) is 23.9 Å². The molecule has 0 unspecified atom stereocenters. The van der Waals surface area contributed by atoms with Gasteiger partial charge in [-0.2, -0.15) is 13.2 Å². The molecular weight excluding hydrogens is 298 g/mol. The van der Waals surface area contributed by atoms with E-state index in [1.165, 1.54) is 13.8 Å². The second-order valence-corrected chi connectivity index (χ2v) is 3.92. The number of pyridine rings is 1. The Morgan fingerprint density at radius 3 is 2.41 bits per heavy atom. The number of aromatic nitrogens is 1. The summed E-state index contributed by atoms with van der Waals surface area (Å²) in [6.45, 7) is 2.65. The molecule has 114 valence electrons. The zero-order chi connectivity index (χ0) is 16.2. The Labute approximate surface area is 136 Å². The van der Waals surface area contributed by atoms with Gasteiger partial charge in [0.15, 0.2) is 0 Å². The predicted octanol–water partition coefficient (Wildman–Crippen LogP) is -1.75. The van der Waals surface area contributed by atoms with Crippen LogP contribution in [0.15, 0.2) is 18.2 Å². The van der Waals surface area contributed by atoms with Gasteiger partial charge in [0.2, 0.25) is 0 Å². The van der Waals surface area contributed by atoms with E-state index in [0.29, 0.717) is 12.1 Å². The summed E-state index contributed by atoms with van der Waals surface area (Å²) in [5, 5.41) is 11.7. The molecule has 1 rings (SSSR count). The monoisotopic (exact) mass is 309 g/mol. The number of nitrogens with zero attached hydrogens (tertiary/aromatic N) is 1. The number of ether oxygens (including phenoxy) is 1. The molecule has 0 aromatic carbocycles. The van der Waals surface area contributed by atoms with Gasteiger partial charge in [0.25, 0.3) is 5.78 Å². The fraction of sp³-hybridized carbons (Fsp3) is 0.308. The van der Waals surface area contributed by atoms with Crippen LogP contribution in [-0.2, 0) is 20.5 Å². The summed E-state index contributed by atoms with van der Waals surface area (Å²) in [6, 6.07) is 1.53.